The number of aryl methyl sites for hydroxylation is 1. The second-order valence-corrected chi connectivity index (χ2v) is 3.96. The Morgan fingerprint density at radius 1 is 1.26 bits per heavy atom. The molecule has 7 heteroatoms. The lowest BCUT2D eigenvalue weighted by atomic mass is 10.5. The summed E-state index contributed by atoms with van der Waals surface area (Å²) in [6.07, 6.45) is 0. The van der Waals surface area contributed by atoms with Gasteiger partial charge >= 0.3 is 0 Å². The maximum absolute atomic E-state index is 5.58. The number of nitrogens with one attached hydrogen (secondary N) is 2. The number of H-pyrrole nitrogens is 1. The van der Waals surface area contributed by atoms with E-state index in [-0.39, 0.29) is 0 Å². The molecule has 0 unspecified atom stereocenters. The standard InChI is InChI=1S/C12H17N5O2/c1-4-13-9-6-11(15-10(14-9)7-18-3)19-12-5-8(2)16-17-12/h5-6H,4,7H2,1-3H3,(H,16,17)(H,13,14,15). The normalized spacial score (nSPS) is 10.5. The minimum Gasteiger partial charge on any atom is -0.419 e. The molecule has 2 aromatic rings. The summed E-state index contributed by atoms with van der Waals surface area (Å²) in [5.74, 6) is 2.17. The van der Waals surface area contributed by atoms with Gasteiger partial charge in [-0.1, -0.05) is 0 Å². The zero-order chi connectivity index (χ0) is 13.7. The van der Waals surface area contributed by atoms with E-state index in [9.17, 15) is 0 Å². The average Bonchev–Trinajstić information content (AvgIpc) is 2.75. The van der Waals surface area contributed by atoms with Crippen molar-refractivity contribution in [3.63, 3.8) is 0 Å². The molecule has 0 saturated heterocycles. The molecule has 2 rings (SSSR count). The van der Waals surface area contributed by atoms with Gasteiger partial charge in [0.05, 0.1) is 0 Å². The molecule has 0 radical (unpaired) electrons. The summed E-state index contributed by atoms with van der Waals surface area (Å²) in [4.78, 5) is 8.56. The first-order valence-corrected chi connectivity index (χ1v) is 6.02. The first kappa shape index (κ1) is 13.3. The van der Waals surface area contributed by atoms with Crippen molar-refractivity contribution in [1.29, 1.82) is 0 Å². The Kier molecular flexibility index (Phi) is 4.30. The summed E-state index contributed by atoms with van der Waals surface area (Å²) in [5, 5.41) is 9.94. The van der Waals surface area contributed by atoms with Crippen LogP contribution in [-0.4, -0.2) is 33.8 Å². The maximum atomic E-state index is 5.58. The summed E-state index contributed by atoms with van der Waals surface area (Å²) >= 11 is 0. The molecule has 2 aromatic heterocycles. The van der Waals surface area contributed by atoms with Gasteiger partial charge < -0.3 is 14.8 Å². The van der Waals surface area contributed by atoms with Crippen molar-refractivity contribution >= 4 is 5.82 Å². The van der Waals surface area contributed by atoms with Crippen molar-refractivity contribution in [2.24, 2.45) is 0 Å². The van der Waals surface area contributed by atoms with E-state index in [1.807, 2.05) is 13.8 Å². The highest BCUT2D eigenvalue weighted by atomic mass is 16.5. The second kappa shape index (κ2) is 6.14. The summed E-state index contributed by atoms with van der Waals surface area (Å²) in [7, 11) is 1.60. The Morgan fingerprint density at radius 2 is 2.11 bits per heavy atom. The molecule has 0 saturated carbocycles. The number of rotatable bonds is 6. The van der Waals surface area contributed by atoms with Crippen LogP contribution in [0.25, 0.3) is 0 Å². The summed E-state index contributed by atoms with van der Waals surface area (Å²) < 4.78 is 10.6. The van der Waals surface area contributed by atoms with Crippen LogP contribution in [0, 0.1) is 6.92 Å². The van der Waals surface area contributed by atoms with Gasteiger partial charge in [-0.2, -0.15) is 4.98 Å². The van der Waals surface area contributed by atoms with Gasteiger partial charge in [-0.15, -0.1) is 5.10 Å². The molecule has 2 heterocycles. The van der Waals surface area contributed by atoms with Gasteiger partial charge in [0.1, 0.15) is 12.4 Å². The lowest BCUT2D eigenvalue weighted by Crippen LogP contribution is -2.05. The highest BCUT2D eigenvalue weighted by Gasteiger charge is 2.08. The average molecular weight is 263 g/mol. The third-order valence-corrected chi connectivity index (χ3v) is 2.27. The number of methoxy groups -OCH3 is 1. The largest absolute Gasteiger partial charge is 0.419 e. The van der Waals surface area contributed by atoms with Gasteiger partial charge in [0, 0.05) is 31.5 Å². The molecule has 0 aromatic carbocycles. The molecule has 7 nitrogen and oxygen atoms in total. The van der Waals surface area contributed by atoms with Crippen LogP contribution in [0.1, 0.15) is 18.4 Å². The fraction of sp³-hybridized carbons (Fsp3) is 0.417. The molecule has 0 aliphatic heterocycles. The smallest absolute Gasteiger partial charge is 0.240 e. The number of hydrogen-bond donors (Lipinski definition) is 2. The monoisotopic (exact) mass is 263 g/mol. The van der Waals surface area contributed by atoms with E-state index in [1.54, 1.807) is 19.2 Å². The van der Waals surface area contributed by atoms with Crippen molar-refractivity contribution in [2.75, 3.05) is 19.0 Å². The summed E-state index contributed by atoms with van der Waals surface area (Å²) in [6, 6.07) is 3.53. The molecular formula is C12H17N5O2. The van der Waals surface area contributed by atoms with Crippen molar-refractivity contribution in [2.45, 2.75) is 20.5 Å². The Labute approximate surface area is 111 Å². The molecular weight excluding hydrogens is 246 g/mol. The summed E-state index contributed by atoms with van der Waals surface area (Å²) in [6.45, 7) is 5.00. The lowest BCUT2D eigenvalue weighted by molar-refractivity contribution is 0.177. The zero-order valence-electron chi connectivity index (χ0n) is 11.2. The number of nitrogens with zero attached hydrogens (tertiary/aromatic N) is 3. The zero-order valence-corrected chi connectivity index (χ0v) is 11.2. The van der Waals surface area contributed by atoms with E-state index in [2.05, 4.69) is 25.5 Å². The van der Waals surface area contributed by atoms with Gasteiger partial charge in [-0.3, -0.25) is 5.10 Å². The third kappa shape index (κ3) is 3.65. The van der Waals surface area contributed by atoms with Crippen LogP contribution in [0.2, 0.25) is 0 Å². The molecule has 0 atom stereocenters. The fourth-order valence-electron chi connectivity index (χ4n) is 1.54. The fourth-order valence-corrected chi connectivity index (χ4v) is 1.54. The van der Waals surface area contributed by atoms with Gasteiger partial charge in [-0.05, 0) is 13.8 Å². The van der Waals surface area contributed by atoms with Gasteiger partial charge in [0.15, 0.2) is 5.82 Å². The molecule has 19 heavy (non-hydrogen) atoms. The topological polar surface area (TPSA) is 85.0 Å². The Balaban J connectivity index is 2.22. The Morgan fingerprint density at radius 3 is 2.74 bits per heavy atom. The highest BCUT2D eigenvalue weighted by molar-refractivity contribution is 5.39. The Hall–Kier alpha value is -2.15. The van der Waals surface area contributed by atoms with Gasteiger partial charge in [-0.25, -0.2) is 4.98 Å². The van der Waals surface area contributed by atoms with Crippen LogP contribution < -0.4 is 10.1 Å². The third-order valence-electron chi connectivity index (χ3n) is 2.27. The van der Waals surface area contributed by atoms with E-state index in [4.69, 9.17) is 9.47 Å². The van der Waals surface area contributed by atoms with E-state index >= 15 is 0 Å². The van der Waals surface area contributed by atoms with Gasteiger partial charge in [0.2, 0.25) is 11.8 Å². The minimum atomic E-state index is 0.329. The molecule has 2 N–H and O–H groups in total. The molecule has 0 fully saturated rings. The van der Waals surface area contributed by atoms with Crippen LogP contribution in [0.5, 0.6) is 11.8 Å². The van der Waals surface area contributed by atoms with Crippen LogP contribution in [0.15, 0.2) is 12.1 Å². The van der Waals surface area contributed by atoms with Crippen LogP contribution in [-0.2, 0) is 11.3 Å². The van der Waals surface area contributed by atoms with Gasteiger partial charge in [0.25, 0.3) is 0 Å². The second-order valence-electron chi connectivity index (χ2n) is 3.96. The predicted molar refractivity (Wildman–Crippen MR) is 70.3 cm³/mol. The molecule has 0 spiro atoms. The summed E-state index contributed by atoms with van der Waals surface area (Å²) in [5.41, 5.74) is 0.924. The van der Waals surface area contributed by atoms with Crippen LogP contribution in [0.3, 0.4) is 0 Å². The van der Waals surface area contributed by atoms with Crippen molar-refractivity contribution < 1.29 is 9.47 Å². The Bertz CT molecular complexity index is 516. The molecule has 0 amide bonds. The quantitative estimate of drug-likeness (QED) is 0.827. The van der Waals surface area contributed by atoms with Crippen molar-refractivity contribution in [1.82, 2.24) is 20.2 Å². The van der Waals surface area contributed by atoms with Crippen molar-refractivity contribution in [3.8, 4) is 11.8 Å². The van der Waals surface area contributed by atoms with E-state index in [0.29, 0.717) is 30.0 Å². The van der Waals surface area contributed by atoms with E-state index < -0.39 is 0 Å². The molecule has 0 aliphatic rings. The molecule has 0 bridgehead atoms. The lowest BCUT2D eigenvalue weighted by Gasteiger charge is -2.08. The predicted octanol–water partition coefficient (Wildman–Crippen LogP) is 1.88. The number of hydrogen-bond acceptors (Lipinski definition) is 6. The number of aromatic nitrogens is 4. The van der Waals surface area contributed by atoms with Crippen LogP contribution >= 0.6 is 0 Å². The first-order valence-electron chi connectivity index (χ1n) is 6.02. The first-order chi connectivity index (χ1) is 9.21. The molecule has 0 aliphatic carbocycles. The number of anilines is 1. The minimum absolute atomic E-state index is 0.329. The van der Waals surface area contributed by atoms with E-state index in [0.717, 1.165) is 12.2 Å². The van der Waals surface area contributed by atoms with Crippen LogP contribution in [0.4, 0.5) is 5.82 Å². The van der Waals surface area contributed by atoms with Crippen molar-refractivity contribution in [3.05, 3.63) is 23.7 Å². The highest BCUT2D eigenvalue weighted by Crippen LogP contribution is 2.20. The number of ether oxygens (including phenoxy) is 2. The number of aromatic amines is 1. The van der Waals surface area contributed by atoms with E-state index in [1.165, 1.54) is 0 Å². The molecule has 102 valence electrons. The SMILES string of the molecule is CCNc1cc(Oc2cc(C)[nH]n2)nc(COC)n1. The maximum Gasteiger partial charge on any atom is 0.240 e.